The molecule has 1 amide bonds. The average Bonchev–Trinajstić information content (AvgIpc) is 2.27. The summed E-state index contributed by atoms with van der Waals surface area (Å²) in [6, 6.07) is 0. The molecule has 4 nitrogen and oxygen atoms in total. The molecule has 0 aromatic rings. The van der Waals surface area contributed by atoms with Gasteiger partial charge in [0.2, 0.25) is 5.91 Å². The maximum absolute atomic E-state index is 11.6. The van der Waals surface area contributed by atoms with Crippen molar-refractivity contribution in [3.8, 4) is 0 Å². The third-order valence-corrected chi connectivity index (χ3v) is 2.97. The highest BCUT2D eigenvalue weighted by atomic mass is 16.5. The van der Waals surface area contributed by atoms with E-state index in [4.69, 9.17) is 10.5 Å². The van der Waals surface area contributed by atoms with Crippen molar-refractivity contribution >= 4 is 5.91 Å². The summed E-state index contributed by atoms with van der Waals surface area (Å²) in [5, 5.41) is 0. The highest BCUT2D eigenvalue weighted by Gasteiger charge is 2.21. The van der Waals surface area contributed by atoms with Crippen molar-refractivity contribution < 1.29 is 9.53 Å². The Morgan fingerprint density at radius 1 is 1.47 bits per heavy atom. The van der Waals surface area contributed by atoms with E-state index in [1.807, 2.05) is 11.8 Å². The smallest absolute Gasteiger partial charge is 0.248 e. The SMILES string of the molecule is CCOCC(=O)N1CCC(CCN)CC1. The van der Waals surface area contributed by atoms with Gasteiger partial charge >= 0.3 is 0 Å². The van der Waals surface area contributed by atoms with Gasteiger partial charge in [0, 0.05) is 19.7 Å². The molecular formula is C11H22N2O2. The summed E-state index contributed by atoms with van der Waals surface area (Å²) in [6.07, 6.45) is 3.28. The van der Waals surface area contributed by atoms with Crippen LogP contribution in [0.15, 0.2) is 0 Å². The predicted molar refractivity (Wildman–Crippen MR) is 59.5 cm³/mol. The fraction of sp³-hybridized carbons (Fsp3) is 0.909. The van der Waals surface area contributed by atoms with Crippen LogP contribution in [-0.2, 0) is 9.53 Å². The standard InChI is InChI=1S/C11H22N2O2/c1-2-15-9-11(14)13-7-4-10(3-6-12)5-8-13/h10H,2-9,12H2,1H3. The van der Waals surface area contributed by atoms with Crippen molar-refractivity contribution in [1.29, 1.82) is 0 Å². The van der Waals surface area contributed by atoms with Crippen molar-refractivity contribution in [3.63, 3.8) is 0 Å². The summed E-state index contributed by atoms with van der Waals surface area (Å²) in [4.78, 5) is 13.5. The molecule has 0 unspecified atom stereocenters. The van der Waals surface area contributed by atoms with Gasteiger partial charge in [-0.2, -0.15) is 0 Å². The molecule has 0 saturated carbocycles. The maximum Gasteiger partial charge on any atom is 0.248 e. The molecule has 88 valence electrons. The van der Waals surface area contributed by atoms with Gasteiger partial charge in [-0.15, -0.1) is 0 Å². The van der Waals surface area contributed by atoms with E-state index in [1.54, 1.807) is 0 Å². The lowest BCUT2D eigenvalue weighted by atomic mass is 9.94. The summed E-state index contributed by atoms with van der Waals surface area (Å²) < 4.78 is 5.11. The van der Waals surface area contributed by atoms with E-state index in [0.717, 1.165) is 38.9 Å². The zero-order valence-corrected chi connectivity index (χ0v) is 9.58. The van der Waals surface area contributed by atoms with Gasteiger partial charge in [0.05, 0.1) is 0 Å². The first-order valence-electron chi connectivity index (χ1n) is 5.83. The second-order valence-corrected chi connectivity index (χ2v) is 4.04. The Hall–Kier alpha value is -0.610. The van der Waals surface area contributed by atoms with E-state index >= 15 is 0 Å². The molecular weight excluding hydrogens is 192 g/mol. The molecule has 1 heterocycles. The van der Waals surface area contributed by atoms with E-state index in [2.05, 4.69) is 0 Å². The first-order valence-corrected chi connectivity index (χ1v) is 5.83. The van der Waals surface area contributed by atoms with Gasteiger partial charge in [-0.05, 0) is 38.6 Å². The molecule has 0 bridgehead atoms. The van der Waals surface area contributed by atoms with Gasteiger partial charge in [-0.3, -0.25) is 4.79 Å². The lowest BCUT2D eigenvalue weighted by molar-refractivity contribution is -0.137. The molecule has 4 heteroatoms. The number of carbonyl (C=O) groups is 1. The minimum atomic E-state index is 0.128. The number of likely N-dealkylation sites (tertiary alicyclic amines) is 1. The molecule has 2 N–H and O–H groups in total. The zero-order chi connectivity index (χ0) is 11.1. The van der Waals surface area contributed by atoms with E-state index in [9.17, 15) is 4.79 Å². The Bertz CT molecular complexity index is 189. The number of hydrogen-bond donors (Lipinski definition) is 1. The summed E-state index contributed by atoms with van der Waals surface area (Å²) in [7, 11) is 0. The lowest BCUT2D eigenvalue weighted by Crippen LogP contribution is -2.40. The van der Waals surface area contributed by atoms with Gasteiger partial charge < -0.3 is 15.4 Å². The monoisotopic (exact) mass is 214 g/mol. The van der Waals surface area contributed by atoms with Crippen molar-refractivity contribution in [1.82, 2.24) is 4.90 Å². The Kier molecular flexibility index (Phi) is 5.65. The maximum atomic E-state index is 11.6. The molecule has 0 atom stereocenters. The normalized spacial score (nSPS) is 18.1. The van der Waals surface area contributed by atoms with Crippen LogP contribution in [0.1, 0.15) is 26.2 Å². The molecule has 1 rings (SSSR count). The van der Waals surface area contributed by atoms with Gasteiger partial charge in [0.25, 0.3) is 0 Å². The summed E-state index contributed by atoms with van der Waals surface area (Å²) >= 11 is 0. The molecule has 1 saturated heterocycles. The predicted octanol–water partition coefficient (Wildman–Crippen LogP) is 0.610. The minimum absolute atomic E-state index is 0.128. The van der Waals surface area contributed by atoms with E-state index in [0.29, 0.717) is 12.5 Å². The molecule has 1 aliphatic heterocycles. The zero-order valence-electron chi connectivity index (χ0n) is 9.58. The summed E-state index contributed by atoms with van der Waals surface area (Å²) in [5.41, 5.74) is 5.52. The third-order valence-electron chi connectivity index (χ3n) is 2.97. The average molecular weight is 214 g/mol. The van der Waals surface area contributed by atoms with Crippen LogP contribution in [0.5, 0.6) is 0 Å². The van der Waals surface area contributed by atoms with Gasteiger partial charge in [-0.25, -0.2) is 0 Å². The number of rotatable bonds is 5. The Balaban J connectivity index is 2.21. The second-order valence-electron chi connectivity index (χ2n) is 4.04. The molecule has 0 radical (unpaired) electrons. The molecule has 1 aliphatic rings. The molecule has 0 spiro atoms. The number of nitrogens with zero attached hydrogens (tertiary/aromatic N) is 1. The largest absolute Gasteiger partial charge is 0.372 e. The summed E-state index contributed by atoms with van der Waals surface area (Å²) in [6.45, 7) is 5.25. The molecule has 15 heavy (non-hydrogen) atoms. The molecule has 0 aromatic carbocycles. The van der Waals surface area contributed by atoms with E-state index in [-0.39, 0.29) is 12.5 Å². The van der Waals surface area contributed by atoms with Crippen molar-refractivity contribution in [2.75, 3.05) is 32.8 Å². The van der Waals surface area contributed by atoms with Crippen LogP contribution in [-0.4, -0.2) is 43.7 Å². The van der Waals surface area contributed by atoms with Crippen LogP contribution in [0.4, 0.5) is 0 Å². The van der Waals surface area contributed by atoms with Crippen molar-refractivity contribution in [2.45, 2.75) is 26.2 Å². The molecule has 1 fully saturated rings. The first kappa shape index (κ1) is 12.5. The number of piperidine rings is 1. The topological polar surface area (TPSA) is 55.6 Å². The van der Waals surface area contributed by atoms with Gasteiger partial charge in [0.1, 0.15) is 6.61 Å². The Morgan fingerprint density at radius 3 is 2.67 bits per heavy atom. The third kappa shape index (κ3) is 4.18. The Labute approximate surface area is 91.8 Å². The van der Waals surface area contributed by atoms with Gasteiger partial charge in [0.15, 0.2) is 0 Å². The lowest BCUT2D eigenvalue weighted by Gasteiger charge is -2.31. The van der Waals surface area contributed by atoms with E-state index < -0.39 is 0 Å². The van der Waals surface area contributed by atoms with Crippen LogP contribution < -0.4 is 5.73 Å². The number of amides is 1. The summed E-state index contributed by atoms with van der Waals surface area (Å²) in [5.74, 6) is 0.842. The van der Waals surface area contributed by atoms with Crippen LogP contribution in [0, 0.1) is 5.92 Å². The molecule has 0 aromatic heterocycles. The fourth-order valence-electron chi connectivity index (χ4n) is 1.99. The Morgan fingerprint density at radius 2 is 2.13 bits per heavy atom. The van der Waals surface area contributed by atoms with Crippen molar-refractivity contribution in [3.05, 3.63) is 0 Å². The quantitative estimate of drug-likeness (QED) is 0.729. The molecule has 0 aliphatic carbocycles. The van der Waals surface area contributed by atoms with Crippen LogP contribution in [0.25, 0.3) is 0 Å². The fourth-order valence-corrected chi connectivity index (χ4v) is 1.99. The van der Waals surface area contributed by atoms with Crippen LogP contribution in [0.3, 0.4) is 0 Å². The number of hydrogen-bond acceptors (Lipinski definition) is 3. The number of ether oxygens (including phenoxy) is 1. The van der Waals surface area contributed by atoms with Crippen molar-refractivity contribution in [2.24, 2.45) is 11.7 Å². The first-order chi connectivity index (χ1) is 7.27. The second kappa shape index (κ2) is 6.80. The van der Waals surface area contributed by atoms with E-state index in [1.165, 1.54) is 0 Å². The number of nitrogens with two attached hydrogens (primary N) is 1. The van der Waals surface area contributed by atoms with Crippen LogP contribution in [0.2, 0.25) is 0 Å². The highest BCUT2D eigenvalue weighted by Crippen LogP contribution is 2.19. The highest BCUT2D eigenvalue weighted by molar-refractivity contribution is 5.77. The minimum Gasteiger partial charge on any atom is -0.372 e. The van der Waals surface area contributed by atoms with Crippen LogP contribution >= 0.6 is 0 Å². The number of carbonyl (C=O) groups excluding carboxylic acids is 1. The van der Waals surface area contributed by atoms with Gasteiger partial charge in [-0.1, -0.05) is 0 Å².